The number of rotatable bonds is 4. The molecule has 1 aromatic carbocycles. The second kappa shape index (κ2) is 6.22. The quantitative estimate of drug-likeness (QED) is 0.663. The van der Waals surface area contributed by atoms with Gasteiger partial charge in [0.15, 0.2) is 0 Å². The van der Waals surface area contributed by atoms with Gasteiger partial charge in [-0.15, -0.1) is 0 Å². The second-order valence-electron chi connectivity index (χ2n) is 6.10. The number of hydrogen-bond donors (Lipinski definition) is 1. The lowest BCUT2D eigenvalue weighted by Gasteiger charge is -2.39. The Labute approximate surface area is 128 Å². The van der Waals surface area contributed by atoms with Gasteiger partial charge in [-0.05, 0) is 42.7 Å². The lowest BCUT2D eigenvalue weighted by Crippen LogP contribution is -2.36. The first-order valence-corrected chi connectivity index (χ1v) is 7.88. The van der Waals surface area contributed by atoms with Crippen molar-refractivity contribution >= 4 is 21.6 Å². The van der Waals surface area contributed by atoms with Crippen molar-refractivity contribution in [3.05, 3.63) is 38.3 Å². The van der Waals surface area contributed by atoms with E-state index in [9.17, 15) is 10.1 Å². The molecule has 0 bridgehead atoms. The summed E-state index contributed by atoms with van der Waals surface area (Å²) in [5, 5.41) is 10.8. The zero-order valence-corrected chi connectivity index (χ0v) is 13.4. The van der Waals surface area contributed by atoms with Crippen molar-refractivity contribution in [2.24, 2.45) is 17.1 Å². The SMILES string of the molecule is CC1CCC(CN)(Cc2ccc([N+](=O)[O-])cc2Br)CC1. The van der Waals surface area contributed by atoms with Gasteiger partial charge in [0.05, 0.1) is 4.92 Å². The molecule has 1 saturated carbocycles. The maximum Gasteiger partial charge on any atom is 0.270 e. The molecule has 2 N–H and O–H groups in total. The molecule has 20 heavy (non-hydrogen) atoms. The highest BCUT2D eigenvalue weighted by Gasteiger charge is 2.33. The van der Waals surface area contributed by atoms with Crippen LogP contribution in [0.1, 0.15) is 38.2 Å². The Morgan fingerprint density at radius 2 is 2.10 bits per heavy atom. The number of non-ortho nitro benzene ring substituents is 1. The number of hydrogen-bond acceptors (Lipinski definition) is 3. The predicted molar refractivity (Wildman–Crippen MR) is 83.6 cm³/mol. The second-order valence-corrected chi connectivity index (χ2v) is 6.95. The van der Waals surface area contributed by atoms with E-state index in [1.165, 1.54) is 12.8 Å². The van der Waals surface area contributed by atoms with Gasteiger partial charge in [0.25, 0.3) is 5.69 Å². The summed E-state index contributed by atoms with van der Waals surface area (Å²) < 4.78 is 0.818. The molecule has 1 aliphatic carbocycles. The minimum Gasteiger partial charge on any atom is -0.330 e. The summed E-state index contributed by atoms with van der Waals surface area (Å²) in [6.07, 6.45) is 5.64. The number of nitrogens with zero attached hydrogens (tertiary/aromatic N) is 1. The first kappa shape index (κ1) is 15.4. The van der Waals surface area contributed by atoms with Crippen LogP contribution in [0.4, 0.5) is 5.69 Å². The van der Waals surface area contributed by atoms with Gasteiger partial charge in [-0.3, -0.25) is 10.1 Å². The summed E-state index contributed by atoms with van der Waals surface area (Å²) in [7, 11) is 0. The van der Waals surface area contributed by atoms with Gasteiger partial charge in [0.2, 0.25) is 0 Å². The fourth-order valence-electron chi connectivity index (χ4n) is 3.02. The van der Waals surface area contributed by atoms with Crippen LogP contribution in [0, 0.1) is 21.4 Å². The maximum absolute atomic E-state index is 10.8. The average Bonchev–Trinajstić information content (AvgIpc) is 2.43. The van der Waals surface area contributed by atoms with Crippen LogP contribution in [-0.4, -0.2) is 11.5 Å². The summed E-state index contributed by atoms with van der Waals surface area (Å²) in [5.41, 5.74) is 7.44. The Morgan fingerprint density at radius 1 is 1.45 bits per heavy atom. The molecule has 0 heterocycles. The third kappa shape index (κ3) is 3.38. The van der Waals surface area contributed by atoms with Crippen molar-refractivity contribution in [2.45, 2.75) is 39.0 Å². The molecule has 0 atom stereocenters. The lowest BCUT2D eigenvalue weighted by atomic mass is 9.68. The number of benzene rings is 1. The topological polar surface area (TPSA) is 69.2 Å². The fourth-order valence-corrected chi connectivity index (χ4v) is 3.53. The fraction of sp³-hybridized carbons (Fsp3) is 0.600. The van der Waals surface area contributed by atoms with Crippen LogP contribution >= 0.6 is 15.9 Å². The van der Waals surface area contributed by atoms with Crippen molar-refractivity contribution in [3.8, 4) is 0 Å². The van der Waals surface area contributed by atoms with E-state index in [1.807, 2.05) is 6.07 Å². The van der Waals surface area contributed by atoms with Crippen molar-refractivity contribution < 1.29 is 4.92 Å². The minimum absolute atomic E-state index is 0.125. The normalized spacial score (nSPS) is 26.4. The molecule has 1 aromatic rings. The number of nitro groups is 1. The van der Waals surface area contributed by atoms with Crippen LogP contribution in [0.15, 0.2) is 22.7 Å². The Morgan fingerprint density at radius 3 is 2.60 bits per heavy atom. The van der Waals surface area contributed by atoms with E-state index in [-0.39, 0.29) is 16.0 Å². The smallest absolute Gasteiger partial charge is 0.270 e. The summed E-state index contributed by atoms with van der Waals surface area (Å²) in [4.78, 5) is 10.4. The molecule has 110 valence electrons. The van der Waals surface area contributed by atoms with Crippen LogP contribution in [0.2, 0.25) is 0 Å². The molecule has 0 spiro atoms. The van der Waals surface area contributed by atoms with E-state index in [1.54, 1.807) is 12.1 Å². The number of halogens is 1. The van der Waals surface area contributed by atoms with Gasteiger partial charge in [0, 0.05) is 16.6 Å². The van der Waals surface area contributed by atoms with Crippen LogP contribution in [0.25, 0.3) is 0 Å². The van der Waals surface area contributed by atoms with Crippen molar-refractivity contribution in [1.82, 2.24) is 0 Å². The molecular formula is C15H21BrN2O2. The molecular weight excluding hydrogens is 320 g/mol. The minimum atomic E-state index is -0.366. The molecule has 1 aliphatic rings. The molecule has 0 aliphatic heterocycles. The van der Waals surface area contributed by atoms with Gasteiger partial charge in [0.1, 0.15) is 0 Å². The zero-order chi connectivity index (χ0) is 14.8. The van der Waals surface area contributed by atoms with E-state index in [2.05, 4.69) is 22.9 Å². The lowest BCUT2D eigenvalue weighted by molar-refractivity contribution is -0.384. The zero-order valence-electron chi connectivity index (χ0n) is 11.8. The molecule has 5 heteroatoms. The number of nitro benzene ring substituents is 1. The van der Waals surface area contributed by atoms with E-state index >= 15 is 0 Å². The Hall–Kier alpha value is -0.940. The van der Waals surface area contributed by atoms with Gasteiger partial charge in [-0.1, -0.05) is 41.8 Å². The van der Waals surface area contributed by atoms with Crippen LogP contribution < -0.4 is 5.73 Å². The highest BCUT2D eigenvalue weighted by molar-refractivity contribution is 9.10. The third-order valence-electron chi connectivity index (χ3n) is 4.58. The highest BCUT2D eigenvalue weighted by Crippen LogP contribution is 2.42. The van der Waals surface area contributed by atoms with Crippen molar-refractivity contribution in [3.63, 3.8) is 0 Å². The van der Waals surface area contributed by atoms with E-state index in [0.717, 1.165) is 35.2 Å². The first-order valence-electron chi connectivity index (χ1n) is 7.09. The van der Waals surface area contributed by atoms with Gasteiger partial charge < -0.3 is 5.73 Å². The summed E-state index contributed by atoms with van der Waals surface area (Å²) in [6.45, 7) is 2.98. The average molecular weight is 341 g/mol. The molecule has 0 saturated heterocycles. The summed E-state index contributed by atoms with van der Waals surface area (Å²) in [6, 6.07) is 5.03. The van der Waals surface area contributed by atoms with Crippen LogP contribution in [0.3, 0.4) is 0 Å². The highest BCUT2D eigenvalue weighted by atomic mass is 79.9. The monoisotopic (exact) mass is 340 g/mol. The van der Waals surface area contributed by atoms with Crippen LogP contribution in [-0.2, 0) is 6.42 Å². The van der Waals surface area contributed by atoms with Crippen LogP contribution in [0.5, 0.6) is 0 Å². The molecule has 0 radical (unpaired) electrons. The van der Waals surface area contributed by atoms with Crippen molar-refractivity contribution in [1.29, 1.82) is 0 Å². The van der Waals surface area contributed by atoms with Gasteiger partial charge in [-0.2, -0.15) is 0 Å². The van der Waals surface area contributed by atoms with E-state index < -0.39 is 0 Å². The number of nitrogens with two attached hydrogens (primary N) is 1. The van der Waals surface area contributed by atoms with E-state index in [4.69, 9.17) is 5.73 Å². The predicted octanol–water partition coefficient (Wildman–Crippen LogP) is 4.06. The summed E-state index contributed by atoms with van der Waals surface area (Å²) in [5.74, 6) is 0.787. The molecule has 4 nitrogen and oxygen atoms in total. The van der Waals surface area contributed by atoms with Gasteiger partial charge in [-0.25, -0.2) is 0 Å². The maximum atomic E-state index is 10.8. The molecule has 1 fully saturated rings. The standard InChI is InChI=1S/C15H21BrN2O2/c1-11-4-6-15(10-17,7-5-11)9-12-2-3-13(18(19)20)8-14(12)16/h2-3,8,11H,4-7,9-10,17H2,1H3. The molecule has 0 unspecified atom stereocenters. The van der Waals surface area contributed by atoms with E-state index in [0.29, 0.717) is 6.54 Å². The Kier molecular flexibility index (Phi) is 4.81. The first-order chi connectivity index (χ1) is 9.46. The van der Waals surface area contributed by atoms with Crippen molar-refractivity contribution in [2.75, 3.05) is 6.54 Å². The molecule has 0 amide bonds. The van der Waals surface area contributed by atoms with Gasteiger partial charge >= 0.3 is 0 Å². The Bertz CT molecular complexity index is 497. The third-order valence-corrected chi connectivity index (χ3v) is 5.32. The Balaban J connectivity index is 2.17. The molecule has 2 rings (SSSR count). The summed E-state index contributed by atoms with van der Waals surface area (Å²) >= 11 is 3.46. The largest absolute Gasteiger partial charge is 0.330 e. The molecule has 0 aromatic heterocycles.